The second-order valence-corrected chi connectivity index (χ2v) is 5.46. The highest BCUT2D eigenvalue weighted by molar-refractivity contribution is 5.94. The molecule has 5 nitrogen and oxygen atoms in total. The fourth-order valence-corrected chi connectivity index (χ4v) is 2.52. The van der Waals surface area contributed by atoms with Gasteiger partial charge in [0.05, 0.1) is 18.1 Å². The maximum absolute atomic E-state index is 12.2. The molecule has 0 bridgehead atoms. The number of nitrogens with zero attached hydrogens (tertiary/aromatic N) is 2. The lowest BCUT2D eigenvalue weighted by atomic mass is 10.1. The normalized spacial score (nSPS) is 10.7. The van der Waals surface area contributed by atoms with E-state index in [9.17, 15) is 4.79 Å². The minimum atomic E-state index is -0.124. The molecule has 0 aliphatic heterocycles. The summed E-state index contributed by atoms with van der Waals surface area (Å²) >= 11 is 0. The van der Waals surface area contributed by atoms with Crippen molar-refractivity contribution in [3.8, 4) is 5.75 Å². The molecule has 5 heteroatoms. The number of amides is 1. The molecule has 118 valence electrons. The molecule has 0 aliphatic carbocycles. The van der Waals surface area contributed by atoms with Crippen LogP contribution < -0.4 is 10.1 Å². The van der Waals surface area contributed by atoms with Gasteiger partial charge in [0.1, 0.15) is 11.6 Å². The van der Waals surface area contributed by atoms with Gasteiger partial charge >= 0.3 is 0 Å². The van der Waals surface area contributed by atoms with Crippen LogP contribution in [0, 0.1) is 6.92 Å². The van der Waals surface area contributed by atoms with E-state index in [1.54, 1.807) is 25.3 Å². The minimum absolute atomic E-state index is 0.124. The number of aryl methyl sites for hydroxylation is 2. The predicted octanol–water partition coefficient (Wildman–Crippen LogP) is 2.82. The van der Waals surface area contributed by atoms with Crippen LogP contribution in [0.4, 0.5) is 0 Å². The van der Waals surface area contributed by atoms with Gasteiger partial charge in [-0.3, -0.25) is 4.79 Å². The summed E-state index contributed by atoms with van der Waals surface area (Å²) < 4.78 is 7.19. The first-order valence-corrected chi connectivity index (χ1v) is 7.42. The van der Waals surface area contributed by atoms with Crippen LogP contribution in [0.15, 0.2) is 42.5 Å². The number of carbonyl (C=O) groups is 1. The average Bonchev–Trinajstić information content (AvgIpc) is 2.86. The molecule has 3 rings (SSSR count). The van der Waals surface area contributed by atoms with Crippen LogP contribution in [0.5, 0.6) is 5.75 Å². The van der Waals surface area contributed by atoms with Gasteiger partial charge in [0.25, 0.3) is 5.91 Å². The van der Waals surface area contributed by atoms with Gasteiger partial charge in [-0.15, -0.1) is 0 Å². The van der Waals surface area contributed by atoms with E-state index >= 15 is 0 Å². The second kappa shape index (κ2) is 6.12. The molecule has 1 heterocycles. The zero-order chi connectivity index (χ0) is 16.4. The lowest BCUT2D eigenvalue weighted by Crippen LogP contribution is -2.22. The van der Waals surface area contributed by atoms with E-state index in [0.717, 1.165) is 22.4 Å². The van der Waals surface area contributed by atoms with Crippen LogP contribution in [0.2, 0.25) is 0 Å². The maximum atomic E-state index is 12.2. The zero-order valence-electron chi connectivity index (χ0n) is 13.5. The summed E-state index contributed by atoms with van der Waals surface area (Å²) in [5, 5.41) is 2.92. The molecule has 0 unspecified atom stereocenters. The molecule has 1 N–H and O–H groups in total. The molecule has 1 aromatic heterocycles. The largest absolute Gasteiger partial charge is 0.497 e. The first kappa shape index (κ1) is 15.1. The Bertz CT molecular complexity index is 868. The van der Waals surface area contributed by atoms with Gasteiger partial charge in [-0.1, -0.05) is 12.1 Å². The fourth-order valence-electron chi connectivity index (χ4n) is 2.52. The Morgan fingerprint density at radius 3 is 2.87 bits per heavy atom. The third-order valence-electron chi connectivity index (χ3n) is 3.95. The van der Waals surface area contributed by atoms with Crippen molar-refractivity contribution in [2.75, 3.05) is 7.11 Å². The van der Waals surface area contributed by atoms with Crippen molar-refractivity contribution >= 4 is 16.9 Å². The Labute approximate surface area is 134 Å². The van der Waals surface area contributed by atoms with Crippen molar-refractivity contribution in [2.45, 2.75) is 13.5 Å². The van der Waals surface area contributed by atoms with E-state index in [2.05, 4.69) is 10.3 Å². The zero-order valence-corrected chi connectivity index (χ0v) is 13.5. The average molecular weight is 309 g/mol. The van der Waals surface area contributed by atoms with E-state index < -0.39 is 0 Å². The van der Waals surface area contributed by atoms with Crippen molar-refractivity contribution in [2.24, 2.45) is 7.05 Å². The first-order chi connectivity index (χ1) is 11.1. The van der Waals surface area contributed by atoms with Crippen LogP contribution >= 0.6 is 0 Å². The highest BCUT2D eigenvalue weighted by atomic mass is 16.5. The Kier molecular flexibility index (Phi) is 4.02. The van der Waals surface area contributed by atoms with E-state index in [4.69, 9.17) is 4.74 Å². The molecule has 3 aromatic rings. The lowest BCUT2D eigenvalue weighted by molar-refractivity contribution is 0.0950. The van der Waals surface area contributed by atoms with Gasteiger partial charge in [0.15, 0.2) is 0 Å². The molecular weight excluding hydrogens is 290 g/mol. The topological polar surface area (TPSA) is 56.1 Å². The van der Waals surface area contributed by atoms with Crippen LogP contribution in [-0.2, 0) is 13.6 Å². The molecule has 23 heavy (non-hydrogen) atoms. The smallest absolute Gasteiger partial charge is 0.251 e. The summed E-state index contributed by atoms with van der Waals surface area (Å²) in [6, 6.07) is 13.2. The first-order valence-electron chi connectivity index (χ1n) is 7.42. The van der Waals surface area contributed by atoms with Crippen molar-refractivity contribution in [3.63, 3.8) is 0 Å². The molecule has 1 amide bonds. The van der Waals surface area contributed by atoms with Crippen molar-refractivity contribution in [1.82, 2.24) is 14.9 Å². The molecule has 0 atom stereocenters. The number of benzene rings is 2. The number of hydrogen-bond acceptors (Lipinski definition) is 3. The summed E-state index contributed by atoms with van der Waals surface area (Å²) in [4.78, 5) is 16.7. The summed E-state index contributed by atoms with van der Waals surface area (Å²) in [5.41, 5.74) is 3.63. The van der Waals surface area contributed by atoms with Gasteiger partial charge in [-0.2, -0.15) is 0 Å². The van der Waals surface area contributed by atoms with Crippen LogP contribution in [0.3, 0.4) is 0 Å². The number of carbonyl (C=O) groups excluding carboxylic acids is 1. The summed E-state index contributed by atoms with van der Waals surface area (Å²) in [5.74, 6) is 1.52. The second-order valence-electron chi connectivity index (χ2n) is 5.46. The highest BCUT2D eigenvalue weighted by Crippen LogP contribution is 2.17. The quantitative estimate of drug-likeness (QED) is 0.806. The maximum Gasteiger partial charge on any atom is 0.251 e. The number of hydrogen-bond donors (Lipinski definition) is 1. The van der Waals surface area contributed by atoms with Gasteiger partial charge < -0.3 is 14.6 Å². The molecular formula is C18H19N3O2. The summed E-state index contributed by atoms with van der Waals surface area (Å²) in [7, 11) is 3.58. The van der Waals surface area contributed by atoms with Gasteiger partial charge in [-0.25, -0.2) is 4.98 Å². The van der Waals surface area contributed by atoms with Gasteiger partial charge in [-0.05, 0) is 42.8 Å². The van der Waals surface area contributed by atoms with E-state index in [1.807, 2.05) is 42.8 Å². The number of methoxy groups -OCH3 is 1. The predicted molar refractivity (Wildman–Crippen MR) is 89.6 cm³/mol. The Hall–Kier alpha value is -2.82. The number of imidazole rings is 1. The Balaban J connectivity index is 1.73. The van der Waals surface area contributed by atoms with Crippen LogP contribution in [0.25, 0.3) is 11.0 Å². The standard InChI is InChI=1S/C18H19N3O2/c1-12-20-16-9-13(7-8-17(16)21(12)2)11-19-18(22)14-5-4-6-15(10-14)23-3/h4-10H,11H2,1-3H3,(H,19,22). The van der Waals surface area contributed by atoms with Crippen molar-refractivity contribution in [1.29, 1.82) is 0 Å². The third kappa shape index (κ3) is 3.04. The van der Waals surface area contributed by atoms with Crippen LogP contribution in [0.1, 0.15) is 21.7 Å². The SMILES string of the molecule is COc1cccc(C(=O)NCc2ccc3c(c2)nc(C)n3C)c1. The Morgan fingerprint density at radius 2 is 2.09 bits per heavy atom. The van der Waals surface area contributed by atoms with E-state index in [-0.39, 0.29) is 5.91 Å². The van der Waals surface area contributed by atoms with E-state index in [1.165, 1.54) is 0 Å². The molecule has 2 aromatic carbocycles. The lowest BCUT2D eigenvalue weighted by Gasteiger charge is -2.07. The fraction of sp³-hybridized carbons (Fsp3) is 0.222. The van der Waals surface area contributed by atoms with Crippen molar-refractivity contribution < 1.29 is 9.53 Å². The molecule has 0 radical (unpaired) electrons. The highest BCUT2D eigenvalue weighted by Gasteiger charge is 2.08. The minimum Gasteiger partial charge on any atom is -0.497 e. The number of aromatic nitrogens is 2. The number of rotatable bonds is 4. The van der Waals surface area contributed by atoms with Crippen LogP contribution in [-0.4, -0.2) is 22.6 Å². The summed E-state index contributed by atoms with van der Waals surface area (Å²) in [6.45, 7) is 2.44. The van der Waals surface area contributed by atoms with Gasteiger partial charge in [0.2, 0.25) is 0 Å². The summed E-state index contributed by atoms with van der Waals surface area (Å²) in [6.07, 6.45) is 0. The number of fused-ring (bicyclic) bond motifs is 1. The molecule has 0 aliphatic rings. The molecule has 0 fully saturated rings. The number of nitrogens with one attached hydrogen (secondary N) is 1. The Morgan fingerprint density at radius 1 is 1.26 bits per heavy atom. The van der Waals surface area contributed by atoms with E-state index in [0.29, 0.717) is 17.9 Å². The van der Waals surface area contributed by atoms with Crippen molar-refractivity contribution in [3.05, 3.63) is 59.4 Å². The molecule has 0 saturated heterocycles. The monoisotopic (exact) mass is 309 g/mol. The molecule has 0 spiro atoms. The number of ether oxygens (including phenoxy) is 1. The molecule has 0 saturated carbocycles. The van der Waals surface area contributed by atoms with Gasteiger partial charge in [0, 0.05) is 19.2 Å². The third-order valence-corrected chi connectivity index (χ3v) is 3.95.